The third-order valence-corrected chi connectivity index (χ3v) is 4.50. The van der Waals surface area contributed by atoms with Crippen molar-refractivity contribution in [1.29, 1.82) is 0 Å². The monoisotopic (exact) mass is 399 g/mol. The minimum atomic E-state index is -0.935. The van der Waals surface area contributed by atoms with E-state index in [4.69, 9.17) is 9.47 Å². The van der Waals surface area contributed by atoms with Crippen molar-refractivity contribution in [2.75, 3.05) is 6.61 Å². The highest BCUT2D eigenvalue weighted by Gasteiger charge is 2.22. The van der Waals surface area contributed by atoms with E-state index in [1.54, 1.807) is 6.92 Å². The van der Waals surface area contributed by atoms with Crippen LogP contribution in [-0.2, 0) is 19.1 Å². The summed E-state index contributed by atoms with van der Waals surface area (Å²) in [5, 5.41) is 10.2. The SMILES string of the molecule is CC(=O)O[C@H](C)c1ccc2ccc(/C=C/C(C)CO[C@H](C(=O)O)C(C)C)cc2n1. The van der Waals surface area contributed by atoms with Crippen molar-refractivity contribution in [3.8, 4) is 0 Å². The molecule has 2 aromatic rings. The van der Waals surface area contributed by atoms with Gasteiger partial charge in [-0.1, -0.05) is 51.1 Å². The average molecular weight is 399 g/mol. The number of hydrogen-bond donors (Lipinski definition) is 1. The van der Waals surface area contributed by atoms with Crippen LogP contribution in [-0.4, -0.2) is 34.7 Å². The molecule has 0 aliphatic rings. The van der Waals surface area contributed by atoms with Gasteiger partial charge in [0.05, 0.1) is 17.8 Å². The zero-order chi connectivity index (χ0) is 21.6. The van der Waals surface area contributed by atoms with Crippen molar-refractivity contribution < 1.29 is 24.2 Å². The third-order valence-electron chi connectivity index (χ3n) is 4.50. The van der Waals surface area contributed by atoms with Gasteiger partial charge in [0, 0.05) is 12.3 Å². The molecule has 6 nitrogen and oxygen atoms in total. The lowest BCUT2D eigenvalue weighted by Crippen LogP contribution is -2.30. The zero-order valence-electron chi connectivity index (χ0n) is 17.6. The van der Waals surface area contributed by atoms with E-state index in [1.165, 1.54) is 6.92 Å². The summed E-state index contributed by atoms with van der Waals surface area (Å²) in [6.07, 6.45) is 2.76. The summed E-state index contributed by atoms with van der Waals surface area (Å²) in [6, 6.07) is 9.77. The van der Waals surface area contributed by atoms with E-state index in [0.29, 0.717) is 12.3 Å². The Morgan fingerprint density at radius 2 is 1.83 bits per heavy atom. The van der Waals surface area contributed by atoms with Gasteiger partial charge in [0.2, 0.25) is 0 Å². The molecule has 0 saturated heterocycles. The molecule has 0 spiro atoms. The Morgan fingerprint density at radius 3 is 2.45 bits per heavy atom. The number of pyridine rings is 1. The second-order valence-corrected chi connectivity index (χ2v) is 7.61. The van der Waals surface area contributed by atoms with E-state index in [0.717, 1.165) is 16.5 Å². The Labute approximate surface area is 171 Å². The summed E-state index contributed by atoms with van der Waals surface area (Å²) >= 11 is 0. The summed E-state index contributed by atoms with van der Waals surface area (Å²) in [5.41, 5.74) is 2.50. The summed E-state index contributed by atoms with van der Waals surface area (Å²) < 4.78 is 10.8. The van der Waals surface area contributed by atoms with Crippen LogP contribution in [0, 0.1) is 11.8 Å². The van der Waals surface area contributed by atoms with Gasteiger partial charge in [-0.25, -0.2) is 9.78 Å². The average Bonchev–Trinajstić information content (AvgIpc) is 2.64. The van der Waals surface area contributed by atoms with Crippen LogP contribution >= 0.6 is 0 Å². The van der Waals surface area contributed by atoms with Gasteiger partial charge in [-0.05, 0) is 36.5 Å². The lowest BCUT2D eigenvalue weighted by molar-refractivity contribution is -0.154. The lowest BCUT2D eigenvalue weighted by atomic mass is 10.1. The maximum absolute atomic E-state index is 11.2. The van der Waals surface area contributed by atoms with Gasteiger partial charge in [0.1, 0.15) is 6.10 Å². The van der Waals surface area contributed by atoms with Crippen LogP contribution in [0.5, 0.6) is 0 Å². The van der Waals surface area contributed by atoms with Crippen molar-refractivity contribution in [2.24, 2.45) is 11.8 Å². The van der Waals surface area contributed by atoms with E-state index in [-0.39, 0.29) is 17.8 Å². The standard InChI is InChI=1S/C23H29NO5/c1-14(2)22(23(26)27)28-13-15(3)6-7-18-8-9-19-10-11-20(24-21(19)12-18)16(4)29-17(5)25/h6-12,14-16,22H,13H2,1-5H3,(H,26,27)/b7-6+/t15?,16-,22+/m1/s1. The van der Waals surface area contributed by atoms with Crippen molar-refractivity contribution in [3.05, 3.63) is 47.7 Å². The van der Waals surface area contributed by atoms with E-state index < -0.39 is 18.2 Å². The first-order chi connectivity index (χ1) is 13.7. The Kier molecular flexibility index (Phi) is 7.91. The maximum Gasteiger partial charge on any atom is 0.333 e. The van der Waals surface area contributed by atoms with Crippen molar-refractivity contribution in [1.82, 2.24) is 4.98 Å². The maximum atomic E-state index is 11.2. The van der Waals surface area contributed by atoms with Crippen molar-refractivity contribution >= 4 is 28.9 Å². The van der Waals surface area contributed by atoms with Gasteiger partial charge >= 0.3 is 11.9 Å². The Balaban J connectivity index is 2.08. The molecule has 0 aliphatic carbocycles. The number of aromatic nitrogens is 1. The fourth-order valence-corrected chi connectivity index (χ4v) is 2.92. The Hall–Kier alpha value is -2.73. The van der Waals surface area contributed by atoms with Crippen LogP contribution in [0.25, 0.3) is 17.0 Å². The first-order valence-electron chi connectivity index (χ1n) is 9.78. The highest BCUT2D eigenvalue weighted by atomic mass is 16.5. The number of rotatable bonds is 9. The second-order valence-electron chi connectivity index (χ2n) is 7.61. The molecule has 2 rings (SSSR count). The van der Waals surface area contributed by atoms with E-state index >= 15 is 0 Å². The summed E-state index contributed by atoms with van der Waals surface area (Å²) in [5.74, 6) is -1.29. The molecule has 0 amide bonds. The molecular weight excluding hydrogens is 370 g/mol. The molecule has 0 fully saturated rings. The Bertz CT molecular complexity index is 890. The second kappa shape index (κ2) is 10.2. The summed E-state index contributed by atoms with van der Waals surface area (Å²) in [6.45, 7) is 9.15. The van der Waals surface area contributed by atoms with E-state index in [1.807, 2.05) is 63.3 Å². The molecule has 1 heterocycles. The number of carboxylic acid groups (broad SMARTS) is 1. The summed E-state index contributed by atoms with van der Waals surface area (Å²) in [4.78, 5) is 27.0. The van der Waals surface area contributed by atoms with E-state index in [9.17, 15) is 14.7 Å². The van der Waals surface area contributed by atoms with E-state index in [2.05, 4.69) is 4.98 Å². The molecule has 156 valence electrons. The zero-order valence-corrected chi connectivity index (χ0v) is 17.6. The number of carbonyl (C=O) groups excluding carboxylic acids is 1. The number of benzene rings is 1. The third kappa shape index (κ3) is 6.68. The smallest absolute Gasteiger partial charge is 0.333 e. The Morgan fingerprint density at radius 1 is 1.14 bits per heavy atom. The molecule has 1 unspecified atom stereocenters. The summed E-state index contributed by atoms with van der Waals surface area (Å²) in [7, 11) is 0. The molecule has 0 bridgehead atoms. The van der Waals surface area contributed by atoms with Crippen LogP contribution in [0.4, 0.5) is 0 Å². The highest BCUT2D eigenvalue weighted by molar-refractivity contribution is 5.81. The van der Waals surface area contributed by atoms with Gasteiger partial charge in [0.15, 0.2) is 6.10 Å². The fourth-order valence-electron chi connectivity index (χ4n) is 2.92. The van der Waals surface area contributed by atoms with Crippen molar-refractivity contribution in [3.63, 3.8) is 0 Å². The van der Waals surface area contributed by atoms with Crippen molar-refractivity contribution in [2.45, 2.75) is 46.8 Å². The predicted octanol–water partition coefficient (Wildman–Crippen LogP) is 4.63. The van der Waals surface area contributed by atoms with Gasteiger partial charge in [-0.2, -0.15) is 0 Å². The highest BCUT2D eigenvalue weighted by Crippen LogP contribution is 2.21. The first kappa shape index (κ1) is 22.6. The number of carbonyl (C=O) groups is 2. The molecule has 0 saturated carbocycles. The van der Waals surface area contributed by atoms with Gasteiger partial charge in [0.25, 0.3) is 0 Å². The molecule has 1 aromatic heterocycles. The van der Waals surface area contributed by atoms with Crippen LogP contribution < -0.4 is 0 Å². The normalized spacial score (nSPS) is 14.8. The number of hydrogen-bond acceptors (Lipinski definition) is 5. The molecular formula is C23H29NO5. The largest absolute Gasteiger partial charge is 0.479 e. The number of carboxylic acids is 1. The minimum Gasteiger partial charge on any atom is -0.479 e. The number of esters is 1. The molecule has 29 heavy (non-hydrogen) atoms. The van der Waals surface area contributed by atoms with Crippen LogP contribution in [0.15, 0.2) is 36.4 Å². The molecule has 6 heteroatoms. The minimum absolute atomic E-state index is 0.0644. The van der Waals surface area contributed by atoms with Crippen LogP contribution in [0.2, 0.25) is 0 Å². The van der Waals surface area contributed by atoms with Gasteiger partial charge in [-0.3, -0.25) is 4.79 Å². The molecule has 1 N–H and O–H groups in total. The predicted molar refractivity (Wildman–Crippen MR) is 112 cm³/mol. The molecule has 0 radical (unpaired) electrons. The van der Waals surface area contributed by atoms with Crippen LogP contribution in [0.3, 0.4) is 0 Å². The first-order valence-corrected chi connectivity index (χ1v) is 9.78. The quantitative estimate of drug-likeness (QED) is 0.619. The molecule has 3 atom stereocenters. The van der Waals surface area contributed by atoms with Gasteiger partial charge in [-0.15, -0.1) is 0 Å². The molecule has 0 aliphatic heterocycles. The topological polar surface area (TPSA) is 85.7 Å². The number of ether oxygens (including phenoxy) is 2. The molecule has 1 aromatic carbocycles. The fraction of sp³-hybridized carbons (Fsp3) is 0.435. The van der Waals surface area contributed by atoms with Crippen LogP contribution in [0.1, 0.15) is 52.0 Å². The number of aliphatic carboxylic acids is 1. The lowest BCUT2D eigenvalue weighted by Gasteiger charge is -2.18. The number of fused-ring (bicyclic) bond motifs is 1. The number of nitrogens with zero attached hydrogens (tertiary/aromatic N) is 1. The van der Waals surface area contributed by atoms with Gasteiger partial charge < -0.3 is 14.6 Å².